The second-order valence-corrected chi connectivity index (χ2v) is 8.05. The van der Waals surface area contributed by atoms with Crippen LogP contribution in [-0.2, 0) is 16.1 Å². The van der Waals surface area contributed by atoms with Gasteiger partial charge in [0.1, 0.15) is 5.25 Å². The fourth-order valence-electron chi connectivity index (χ4n) is 3.29. The maximum atomic E-state index is 13.1. The molecule has 1 aliphatic rings. The maximum Gasteiger partial charge on any atom is 0.319 e. The number of aromatic nitrogens is 2. The molecule has 0 N–H and O–H groups in total. The van der Waals surface area contributed by atoms with Gasteiger partial charge in [-0.1, -0.05) is 35.5 Å². The summed E-state index contributed by atoms with van der Waals surface area (Å²) in [6, 6.07) is 7.37. The van der Waals surface area contributed by atoms with E-state index in [0.29, 0.717) is 29.2 Å². The van der Waals surface area contributed by atoms with Crippen molar-refractivity contribution in [2.24, 2.45) is 0 Å². The number of benzene rings is 1. The first kappa shape index (κ1) is 19.7. The molecule has 1 atom stereocenters. The highest BCUT2D eigenvalue weighted by molar-refractivity contribution is 8.00. The molecule has 0 fully saturated rings. The number of para-hydroxylation sites is 1. The van der Waals surface area contributed by atoms with Crippen LogP contribution in [0.15, 0.2) is 45.9 Å². The first-order chi connectivity index (χ1) is 13.1. The minimum Gasteiger partial charge on any atom is -0.465 e. The van der Waals surface area contributed by atoms with Crippen LogP contribution < -0.4 is 5.56 Å². The summed E-state index contributed by atoms with van der Waals surface area (Å²) in [6.07, 6.45) is 7.86. The smallest absolute Gasteiger partial charge is 0.319 e. The lowest BCUT2D eigenvalue weighted by molar-refractivity contribution is -0.142. The molecule has 1 aromatic heterocycles. The largest absolute Gasteiger partial charge is 0.465 e. The summed E-state index contributed by atoms with van der Waals surface area (Å²) in [4.78, 5) is 29.8. The monoisotopic (exact) mass is 386 g/mol. The summed E-state index contributed by atoms with van der Waals surface area (Å²) in [5.41, 5.74) is 2.03. The van der Waals surface area contributed by atoms with Crippen LogP contribution in [0.25, 0.3) is 10.9 Å². The molecule has 1 unspecified atom stereocenters. The molecule has 0 saturated carbocycles. The molecular weight excluding hydrogens is 360 g/mol. The lowest BCUT2D eigenvalue weighted by Crippen LogP contribution is -2.26. The molecule has 27 heavy (non-hydrogen) atoms. The zero-order chi connectivity index (χ0) is 19.2. The number of esters is 1. The number of carbonyl (C=O) groups excluding carboxylic acids is 1. The minimum absolute atomic E-state index is 0.0458. The number of rotatable bonds is 7. The second kappa shape index (κ2) is 9.22. The van der Waals surface area contributed by atoms with E-state index in [4.69, 9.17) is 4.74 Å². The first-order valence-electron chi connectivity index (χ1n) is 9.61. The topological polar surface area (TPSA) is 61.2 Å². The van der Waals surface area contributed by atoms with Gasteiger partial charge in [-0.2, -0.15) is 0 Å². The zero-order valence-corrected chi connectivity index (χ0v) is 16.8. The molecule has 1 aromatic carbocycles. The predicted octanol–water partition coefficient (Wildman–Crippen LogP) is 4.33. The Balaban J connectivity index is 1.92. The van der Waals surface area contributed by atoms with E-state index >= 15 is 0 Å². The first-order valence-corrected chi connectivity index (χ1v) is 10.5. The van der Waals surface area contributed by atoms with Crippen molar-refractivity contribution >= 4 is 28.6 Å². The number of thioether (sulfide) groups is 1. The average molecular weight is 387 g/mol. The number of carbonyl (C=O) groups is 1. The number of hydrogen-bond acceptors (Lipinski definition) is 5. The Morgan fingerprint density at radius 3 is 2.89 bits per heavy atom. The van der Waals surface area contributed by atoms with Gasteiger partial charge < -0.3 is 4.74 Å². The number of ether oxygens (including phenoxy) is 1. The third kappa shape index (κ3) is 4.80. The van der Waals surface area contributed by atoms with Crippen LogP contribution in [0.4, 0.5) is 0 Å². The summed E-state index contributed by atoms with van der Waals surface area (Å²) in [6.45, 7) is 4.51. The molecule has 2 aromatic rings. The van der Waals surface area contributed by atoms with E-state index in [1.807, 2.05) is 24.3 Å². The summed E-state index contributed by atoms with van der Waals surface area (Å²) in [5.74, 6) is -0.286. The van der Waals surface area contributed by atoms with Crippen molar-refractivity contribution in [3.63, 3.8) is 0 Å². The minimum atomic E-state index is -0.418. The Labute approximate surface area is 163 Å². The van der Waals surface area contributed by atoms with Crippen molar-refractivity contribution in [2.45, 2.75) is 62.9 Å². The lowest BCUT2D eigenvalue weighted by atomic mass is 9.97. The SMILES string of the molecule is CCOC(=O)C(C)Sc1nc2ccccc2c(=O)n1CCC1=CCCCC1. The second-order valence-electron chi connectivity index (χ2n) is 6.74. The highest BCUT2D eigenvalue weighted by Crippen LogP contribution is 2.25. The third-order valence-electron chi connectivity index (χ3n) is 4.77. The van der Waals surface area contributed by atoms with Gasteiger partial charge in [-0.25, -0.2) is 4.98 Å². The highest BCUT2D eigenvalue weighted by atomic mass is 32.2. The summed E-state index contributed by atoms with van der Waals surface area (Å²) >= 11 is 1.29. The van der Waals surface area contributed by atoms with Gasteiger partial charge in [0.05, 0.1) is 17.5 Å². The van der Waals surface area contributed by atoms with E-state index in [0.717, 1.165) is 19.3 Å². The average Bonchev–Trinajstić information content (AvgIpc) is 2.68. The van der Waals surface area contributed by atoms with Crippen LogP contribution in [0.1, 0.15) is 46.0 Å². The number of allylic oxidation sites excluding steroid dienone is 2. The predicted molar refractivity (Wildman–Crippen MR) is 109 cm³/mol. The third-order valence-corrected chi connectivity index (χ3v) is 5.84. The van der Waals surface area contributed by atoms with E-state index in [1.54, 1.807) is 18.4 Å². The van der Waals surface area contributed by atoms with Crippen molar-refractivity contribution in [1.29, 1.82) is 0 Å². The van der Waals surface area contributed by atoms with Crippen LogP contribution in [-0.4, -0.2) is 27.4 Å². The molecule has 3 rings (SSSR count). The molecule has 1 aliphatic carbocycles. The van der Waals surface area contributed by atoms with Crippen molar-refractivity contribution in [3.05, 3.63) is 46.3 Å². The van der Waals surface area contributed by atoms with Gasteiger partial charge in [-0.3, -0.25) is 14.2 Å². The molecule has 0 radical (unpaired) electrons. The normalized spacial score (nSPS) is 15.4. The van der Waals surface area contributed by atoms with E-state index < -0.39 is 5.25 Å². The van der Waals surface area contributed by atoms with Gasteiger partial charge in [-0.05, 0) is 58.1 Å². The molecule has 0 bridgehead atoms. The Morgan fingerprint density at radius 1 is 1.33 bits per heavy atom. The van der Waals surface area contributed by atoms with Gasteiger partial charge in [0.15, 0.2) is 5.16 Å². The Morgan fingerprint density at radius 2 is 2.15 bits per heavy atom. The standard InChI is InChI=1S/C21H26N2O3S/c1-3-26-20(25)15(2)27-21-22-18-12-8-7-11-17(18)19(24)23(21)14-13-16-9-5-4-6-10-16/h7-9,11-12,15H,3-6,10,13-14H2,1-2H3. The zero-order valence-electron chi connectivity index (χ0n) is 15.9. The molecule has 0 spiro atoms. The van der Waals surface area contributed by atoms with Gasteiger partial charge >= 0.3 is 5.97 Å². The quantitative estimate of drug-likeness (QED) is 0.307. The van der Waals surface area contributed by atoms with Crippen molar-refractivity contribution in [3.8, 4) is 0 Å². The van der Waals surface area contributed by atoms with Crippen LogP contribution in [0.3, 0.4) is 0 Å². The number of nitrogens with zero attached hydrogens (tertiary/aromatic N) is 2. The molecule has 0 aliphatic heterocycles. The Bertz CT molecular complexity index is 904. The molecule has 6 heteroatoms. The van der Waals surface area contributed by atoms with Gasteiger partial charge in [0.25, 0.3) is 5.56 Å². The van der Waals surface area contributed by atoms with E-state index in [2.05, 4.69) is 11.1 Å². The molecule has 1 heterocycles. The Hall–Kier alpha value is -2.08. The number of hydrogen-bond donors (Lipinski definition) is 0. The molecule has 5 nitrogen and oxygen atoms in total. The summed E-state index contributed by atoms with van der Waals surface area (Å²) < 4.78 is 6.82. The van der Waals surface area contributed by atoms with Crippen LogP contribution >= 0.6 is 11.8 Å². The maximum absolute atomic E-state index is 13.1. The van der Waals surface area contributed by atoms with E-state index in [9.17, 15) is 9.59 Å². The van der Waals surface area contributed by atoms with E-state index in [1.165, 1.54) is 30.2 Å². The van der Waals surface area contributed by atoms with Gasteiger partial charge in [0, 0.05) is 6.54 Å². The van der Waals surface area contributed by atoms with Crippen molar-refractivity contribution < 1.29 is 9.53 Å². The number of fused-ring (bicyclic) bond motifs is 1. The molecule has 144 valence electrons. The van der Waals surface area contributed by atoms with Crippen LogP contribution in [0.5, 0.6) is 0 Å². The molecule has 0 saturated heterocycles. The van der Waals surface area contributed by atoms with E-state index in [-0.39, 0.29) is 11.5 Å². The molecule has 0 amide bonds. The molecular formula is C21H26N2O3S. The fourth-order valence-corrected chi connectivity index (χ4v) is 4.22. The highest BCUT2D eigenvalue weighted by Gasteiger charge is 2.20. The van der Waals surface area contributed by atoms with Crippen molar-refractivity contribution in [2.75, 3.05) is 6.61 Å². The summed E-state index contributed by atoms with van der Waals surface area (Å²) in [7, 11) is 0. The van der Waals surface area contributed by atoms with Crippen LogP contribution in [0, 0.1) is 0 Å². The van der Waals surface area contributed by atoms with Gasteiger partial charge in [0.2, 0.25) is 0 Å². The van der Waals surface area contributed by atoms with Crippen LogP contribution in [0.2, 0.25) is 0 Å². The Kier molecular flexibility index (Phi) is 6.72. The van der Waals surface area contributed by atoms with Gasteiger partial charge in [-0.15, -0.1) is 0 Å². The van der Waals surface area contributed by atoms with Crippen molar-refractivity contribution in [1.82, 2.24) is 9.55 Å². The lowest BCUT2D eigenvalue weighted by Gasteiger charge is -2.17. The fraction of sp³-hybridized carbons (Fsp3) is 0.476. The summed E-state index contributed by atoms with van der Waals surface area (Å²) in [5, 5.41) is 0.775.